The van der Waals surface area contributed by atoms with Crippen LogP contribution < -0.4 is 5.73 Å². The Kier molecular flexibility index (Phi) is 4.12. The summed E-state index contributed by atoms with van der Waals surface area (Å²) < 4.78 is 0. The van der Waals surface area contributed by atoms with Gasteiger partial charge in [-0.15, -0.1) is 10.2 Å². The van der Waals surface area contributed by atoms with Crippen LogP contribution in [0.25, 0.3) is 0 Å². The fourth-order valence-electron chi connectivity index (χ4n) is 2.51. The Morgan fingerprint density at radius 1 is 1.44 bits per heavy atom. The van der Waals surface area contributed by atoms with Crippen molar-refractivity contribution in [2.75, 3.05) is 12.3 Å². The van der Waals surface area contributed by atoms with Crippen molar-refractivity contribution in [1.29, 1.82) is 0 Å². The van der Waals surface area contributed by atoms with E-state index in [4.69, 9.17) is 5.73 Å². The van der Waals surface area contributed by atoms with Gasteiger partial charge < -0.3 is 10.6 Å². The van der Waals surface area contributed by atoms with Gasteiger partial charge in [-0.05, 0) is 37.8 Å². The third-order valence-electron chi connectivity index (χ3n) is 3.41. The van der Waals surface area contributed by atoms with Crippen molar-refractivity contribution in [3.63, 3.8) is 0 Å². The van der Waals surface area contributed by atoms with Gasteiger partial charge in [0.25, 0.3) is 5.91 Å². The highest BCUT2D eigenvalue weighted by atomic mass is 16.2. The summed E-state index contributed by atoms with van der Waals surface area (Å²) in [7, 11) is 0. The second kappa shape index (κ2) is 5.80. The van der Waals surface area contributed by atoms with E-state index in [1.807, 2.05) is 4.90 Å². The lowest BCUT2D eigenvalue weighted by Gasteiger charge is -2.35. The number of hydrogen-bond donors (Lipinski definition) is 1. The molecule has 1 aliphatic heterocycles. The number of amides is 1. The predicted molar refractivity (Wildman–Crippen MR) is 70.0 cm³/mol. The van der Waals surface area contributed by atoms with Gasteiger partial charge in [-0.3, -0.25) is 4.79 Å². The van der Waals surface area contributed by atoms with Crippen LogP contribution in [-0.4, -0.2) is 33.6 Å². The molecule has 5 nitrogen and oxygen atoms in total. The van der Waals surface area contributed by atoms with E-state index in [0.717, 1.165) is 32.2 Å². The number of piperidine rings is 1. The normalized spacial score (nSPS) is 19.8. The summed E-state index contributed by atoms with van der Waals surface area (Å²) in [5.41, 5.74) is 5.88. The molecule has 18 heavy (non-hydrogen) atoms. The first kappa shape index (κ1) is 12.8. The molecule has 0 aromatic carbocycles. The fourth-order valence-corrected chi connectivity index (χ4v) is 2.51. The van der Waals surface area contributed by atoms with Crippen LogP contribution in [-0.2, 0) is 0 Å². The van der Waals surface area contributed by atoms with Crippen molar-refractivity contribution < 1.29 is 4.79 Å². The third-order valence-corrected chi connectivity index (χ3v) is 3.41. The van der Waals surface area contributed by atoms with Gasteiger partial charge in [0.05, 0.1) is 0 Å². The molecule has 98 valence electrons. The van der Waals surface area contributed by atoms with Crippen LogP contribution >= 0.6 is 0 Å². The number of anilines is 1. The van der Waals surface area contributed by atoms with E-state index < -0.39 is 0 Å². The maximum Gasteiger partial charge on any atom is 0.274 e. The Labute approximate surface area is 107 Å². The molecule has 5 heteroatoms. The number of rotatable bonds is 3. The van der Waals surface area contributed by atoms with E-state index in [1.54, 1.807) is 12.1 Å². The zero-order valence-corrected chi connectivity index (χ0v) is 10.8. The van der Waals surface area contributed by atoms with Crippen molar-refractivity contribution in [3.8, 4) is 0 Å². The molecule has 1 atom stereocenters. The summed E-state index contributed by atoms with van der Waals surface area (Å²) in [5, 5.41) is 7.63. The van der Waals surface area contributed by atoms with Crippen LogP contribution in [0.15, 0.2) is 12.1 Å². The van der Waals surface area contributed by atoms with Gasteiger partial charge in [-0.2, -0.15) is 0 Å². The molecule has 0 spiro atoms. The molecule has 1 saturated heterocycles. The second-order valence-corrected chi connectivity index (χ2v) is 4.78. The van der Waals surface area contributed by atoms with E-state index in [9.17, 15) is 4.79 Å². The van der Waals surface area contributed by atoms with Crippen LogP contribution in [0.4, 0.5) is 5.82 Å². The highest BCUT2D eigenvalue weighted by Gasteiger charge is 2.27. The lowest BCUT2D eigenvalue weighted by atomic mass is 9.98. The monoisotopic (exact) mass is 248 g/mol. The molecule has 2 N–H and O–H groups in total. The standard InChI is InChI=1S/C13H20N4O/c1-2-5-10-6-3-4-9-17(10)13(18)11-7-8-12(14)16-15-11/h7-8,10H,2-6,9H2,1H3,(H2,14,16). The van der Waals surface area contributed by atoms with Crippen molar-refractivity contribution in [3.05, 3.63) is 17.8 Å². The molecule has 1 amide bonds. The minimum Gasteiger partial charge on any atom is -0.382 e. The van der Waals surface area contributed by atoms with Gasteiger partial charge in [0.1, 0.15) is 5.82 Å². The maximum absolute atomic E-state index is 12.4. The average molecular weight is 248 g/mol. The molecule has 1 aromatic rings. The summed E-state index contributed by atoms with van der Waals surface area (Å²) in [6, 6.07) is 3.64. The SMILES string of the molecule is CCCC1CCCCN1C(=O)c1ccc(N)nn1. The fraction of sp³-hybridized carbons (Fsp3) is 0.615. The van der Waals surface area contributed by atoms with E-state index in [1.165, 1.54) is 6.42 Å². The molecule has 0 saturated carbocycles. The highest BCUT2D eigenvalue weighted by molar-refractivity contribution is 5.92. The van der Waals surface area contributed by atoms with Crippen molar-refractivity contribution in [2.45, 2.75) is 45.1 Å². The second-order valence-electron chi connectivity index (χ2n) is 4.78. The average Bonchev–Trinajstić information content (AvgIpc) is 2.40. The molecular formula is C13H20N4O. The number of carbonyl (C=O) groups is 1. The summed E-state index contributed by atoms with van der Waals surface area (Å²) >= 11 is 0. The van der Waals surface area contributed by atoms with Gasteiger partial charge in [0.2, 0.25) is 0 Å². The van der Waals surface area contributed by atoms with Crippen molar-refractivity contribution >= 4 is 11.7 Å². The molecule has 2 heterocycles. The largest absolute Gasteiger partial charge is 0.382 e. The topological polar surface area (TPSA) is 72.1 Å². The van der Waals surface area contributed by atoms with Crippen molar-refractivity contribution in [1.82, 2.24) is 15.1 Å². The minimum absolute atomic E-state index is 0.0133. The smallest absolute Gasteiger partial charge is 0.274 e. The molecule has 0 aliphatic carbocycles. The molecule has 1 unspecified atom stereocenters. The van der Waals surface area contributed by atoms with E-state index >= 15 is 0 Å². The van der Waals surface area contributed by atoms with Crippen molar-refractivity contribution in [2.24, 2.45) is 0 Å². The summed E-state index contributed by atoms with van der Waals surface area (Å²) in [4.78, 5) is 14.3. The highest BCUT2D eigenvalue weighted by Crippen LogP contribution is 2.22. The van der Waals surface area contributed by atoms with Crippen LogP contribution in [0.5, 0.6) is 0 Å². The molecule has 0 radical (unpaired) electrons. The van der Waals surface area contributed by atoms with Crippen LogP contribution in [0.2, 0.25) is 0 Å². The number of nitrogens with two attached hydrogens (primary N) is 1. The molecule has 1 aromatic heterocycles. The van der Waals surface area contributed by atoms with Gasteiger partial charge in [0, 0.05) is 12.6 Å². The maximum atomic E-state index is 12.4. The van der Waals surface area contributed by atoms with Crippen LogP contribution in [0, 0.1) is 0 Å². The lowest BCUT2D eigenvalue weighted by Crippen LogP contribution is -2.44. The Morgan fingerprint density at radius 2 is 2.28 bits per heavy atom. The summed E-state index contributed by atoms with van der Waals surface area (Å²) in [6.07, 6.45) is 5.55. The van der Waals surface area contributed by atoms with E-state index in [-0.39, 0.29) is 5.91 Å². The summed E-state index contributed by atoms with van der Waals surface area (Å²) in [6.45, 7) is 2.98. The van der Waals surface area contributed by atoms with Gasteiger partial charge >= 0.3 is 0 Å². The Balaban J connectivity index is 2.12. The number of hydrogen-bond acceptors (Lipinski definition) is 4. The molecule has 0 bridgehead atoms. The molecular weight excluding hydrogens is 228 g/mol. The first-order valence-corrected chi connectivity index (χ1v) is 6.62. The zero-order valence-electron chi connectivity index (χ0n) is 10.8. The third kappa shape index (κ3) is 2.78. The first-order valence-electron chi connectivity index (χ1n) is 6.62. The Hall–Kier alpha value is -1.65. The quantitative estimate of drug-likeness (QED) is 0.886. The van der Waals surface area contributed by atoms with E-state index in [0.29, 0.717) is 17.6 Å². The van der Waals surface area contributed by atoms with Crippen LogP contribution in [0.1, 0.15) is 49.5 Å². The van der Waals surface area contributed by atoms with Gasteiger partial charge in [-0.25, -0.2) is 0 Å². The summed E-state index contributed by atoms with van der Waals surface area (Å²) in [5.74, 6) is 0.330. The molecule has 1 aliphatic rings. The predicted octanol–water partition coefficient (Wildman–Crippen LogP) is 1.85. The van der Waals surface area contributed by atoms with E-state index in [2.05, 4.69) is 17.1 Å². The Morgan fingerprint density at radius 3 is 2.94 bits per heavy atom. The minimum atomic E-state index is -0.0133. The number of carbonyl (C=O) groups excluding carboxylic acids is 1. The zero-order chi connectivity index (χ0) is 13.0. The number of likely N-dealkylation sites (tertiary alicyclic amines) is 1. The van der Waals surface area contributed by atoms with Crippen LogP contribution in [0.3, 0.4) is 0 Å². The Bertz CT molecular complexity index is 402. The lowest BCUT2D eigenvalue weighted by molar-refractivity contribution is 0.0593. The van der Waals surface area contributed by atoms with Gasteiger partial charge in [0.15, 0.2) is 5.69 Å². The first-order chi connectivity index (χ1) is 8.72. The van der Waals surface area contributed by atoms with Gasteiger partial charge in [-0.1, -0.05) is 13.3 Å². The molecule has 1 fully saturated rings. The molecule has 2 rings (SSSR count). The number of aromatic nitrogens is 2. The number of nitrogen functional groups attached to an aromatic ring is 1. The number of nitrogens with zero attached hydrogens (tertiary/aromatic N) is 3.